The summed E-state index contributed by atoms with van der Waals surface area (Å²) >= 11 is 0. The number of nitrogens with zero attached hydrogens (tertiary/aromatic N) is 4. The second kappa shape index (κ2) is 8.53. The molecule has 1 fully saturated rings. The fraction of sp³-hybridized carbons (Fsp3) is 0.450. The van der Waals surface area contributed by atoms with Crippen LogP contribution in [0, 0.1) is 5.92 Å². The number of methoxy groups -OCH3 is 2. The predicted molar refractivity (Wildman–Crippen MR) is 104 cm³/mol. The zero-order valence-corrected chi connectivity index (χ0v) is 16.2. The number of fused-ring (bicyclic) bond motifs is 1. The van der Waals surface area contributed by atoms with E-state index in [0.717, 1.165) is 43.3 Å². The number of aromatic nitrogens is 4. The Morgan fingerprint density at radius 2 is 2.00 bits per heavy atom. The molecule has 4 rings (SSSR count). The van der Waals surface area contributed by atoms with Gasteiger partial charge in [-0.25, -0.2) is 4.98 Å². The average Bonchev–Trinajstić information content (AvgIpc) is 3.22. The van der Waals surface area contributed by atoms with Crippen molar-refractivity contribution in [2.45, 2.75) is 25.5 Å². The zero-order chi connectivity index (χ0) is 19.3. The van der Waals surface area contributed by atoms with Gasteiger partial charge in [0.2, 0.25) is 0 Å². The lowest BCUT2D eigenvalue weighted by Gasteiger charge is -2.32. The molecule has 1 aliphatic heterocycles. The van der Waals surface area contributed by atoms with Gasteiger partial charge < -0.3 is 19.5 Å². The minimum absolute atomic E-state index is 0.111. The molecule has 0 aliphatic carbocycles. The van der Waals surface area contributed by atoms with E-state index in [1.807, 2.05) is 18.2 Å². The molecule has 2 aromatic heterocycles. The quantitative estimate of drug-likeness (QED) is 0.672. The Morgan fingerprint density at radius 1 is 1.21 bits per heavy atom. The van der Waals surface area contributed by atoms with Crippen molar-refractivity contribution < 1.29 is 14.2 Å². The highest BCUT2D eigenvalue weighted by molar-refractivity contribution is 5.47. The fourth-order valence-electron chi connectivity index (χ4n) is 3.68. The van der Waals surface area contributed by atoms with Crippen molar-refractivity contribution in [3.8, 4) is 5.75 Å². The molecule has 0 radical (unpaired) electrons. The highest BCUT2D eigenvalue weighted by Gasteiger charge is 2.26. The van der Waals surface area contributed by atoms with Crippen LogP contribution in [0.2, 0.25) is 0 Å². The van der Waals surface area contributed by atoms with Crippen LogP contribution in [0.5, 0.6) is 5.75 Å². The van der Waals surface area contributed by atoms with Gasteiger partial charge in [0.05, 0.1) is 25.5 Å². The maximum Gasteiger partial charge on any atom is 0.254 e. The van der Waals surface area contributed by atoms with E-state index in [-0.39, 0.29) is 6.04 Å². The lowest BCUT2D eigenvalue weighted by Crippen LogP contribution is -2.28. The molecule has 3 heterocycles. The molecule has 148 valence electrons. The van der Waals surface area contributed by atoms with Crippen LogP contribution in [0.3, 0.4) is 0 Å². The van der Waals surface area contributed by atoms with Gasteiger partial charge in [-0.15, -0.1) is 0 Å². The van der Waals surface area contributed by atoms with Crippen LogP contribution in [0.15, 0.2) is 36.7 Å². The monoisotopic (exact) mass is 383 g/mol. The molecule has 1 N–H and O–H groups in total. The number of ether oxygens (including phenoxy) is 3. The van der Waals surface area contributed by atoms with E-state index < -0.39 is 0 Å². The van der Waals surface area contributed by atoms with Gasteiger partial charge in [-0.2, -0.15) is 14.6 Å². The first kappa shape index (κ1) is 18.6. The molecule has 0 unspecified atom stereocenters. The van der Waals surface area contributed by atoms with Crippen molar-refractivity contribution in [1.29, 1.82) is 0 Å². The van der Waals surface area contributed by atoms with E-state index >= 15 is 0 Å². The van der Waals surface area contributed by atoms with E-state index in [1.54, 1.807) is 18.7 Å². The van der Waals surface area contributed by atoms with Gasteiger partial charge in [0, 0.05) is 26.4 Å². The SMILES string of the molecule is COCc1cc(N[C@@H](c2ccc(OC)cc2)C2CCOCC2)n2ncnc2n1. The number of hydrogen-bond donors (Lipinski definition) is 1. The summed E-state index contributed by atoms with van der Waals surface area (Å²) in [6.45, 7) is 1.98. The van der Waals surface area contributed by atoms with E-state index in [9.17, 15) is 0 Å². The van der Waals surface area contributed by atoms with Crippen LogP contribution in [0.25, 0.3) is 5.78 Å². The molecule has 1 atom stereocenters. The van der Waals surface area contributed by atoms with Gasteiger partial charge in [0.25, 0.3) is 5.78 Å². The Kier molecular flexibility index (Phi) is 5.68. The van der Waals surface area contributed by atoms with Crippen LogP contribution < -0.4 is 10.1 Å². The van der Waals surface area contributed by atoms with E-state index in [0.29, 0.717) is 18.3 Å². The van der Waals surface area contributed by atoms with Gasteiger partial charge in [0.15, 0.2) is 0 Å². The third-order valence-electron chi connectivity index (χ3n) is 5.11. The molecule has 0 amide bonds. The Hall–Kier alpha value is -2.71. The van der Waals surface area contributed by atoms with Gasteiger partial charge in [-0.1, -0.05) is 12.1 Å². The summed E-state index contributed by atoms with van der Waals surface area (Å²) in [5.74, 6) is 2.69. The van der Waals surface area contributed by atoms with Gasteiger partial charge in [-0.05, 0) is 36.5 Å². The third-order valence-corrected chi connectivity index (χ3v) is 5.11. The van der Waals surface area contributed by atoms with Gasteiger partial charge >= 0.3 is 0 Å². The normalized spacial score (nSPS) is 16.2. The van der Waals surface area contributed by atoms with Crippen molar-refractivity contribution in [2.75, 3.05) is 32.8 Å². The topological polar surface area (TPSA) is 82.8 Å². The molecule has 8 nitrogen and oxygen atoms in total. The summed E-state index contributed by atoms with van der Waals surface area (Å²) in [6, 6.07) is 10.3. The van der Waals surface area contributed by atoms with Crippen molar-refractivity contribution in [3.05, 3.63) is 47.9 Å². The molecule has 1 aliphatic rings. The highest BCUT2D eigenvalue weighted by Crippen LogP contribution is 2.34. The maximum absolute atomic E-state index is 5.58. The smallest absolute Gasteiger partial charge is 0.254 e. The summed E-state index contributed by atoms with van der Waals surface area (Å²) in [4.78, 5) is 8.73. The molecule has 0 bridgehead atoms. The highest BCUT2D eigenvalue weighted by atomic mass is 16.5. The Morgan fingerprint density at radius 3 is 2.71 bits per heavy atom. The fourth-order valence-corrected chi connectivity index (χ4v) is 3.68. The number of benzene rings is 1. The zero-order valence-electron chi connectivity index (χ0n) is 16.2. The van der Waals surface area contributed by atoms with E-state index in [4.69, 9.17) is 14.2 Å². The van der Waals surface area contributed by atoms with Crippen LogP contribution in [-0.4, -0.2) is 47.0 Å². The minimum Gasteiger partial charge on any atom is -0.497 e. The number of hydrogen-bond acceptors (Lipinski definition) is 7. The molecule has 3 aromatic rings. The van der Waals surface area contributed by atoms with Crippen molar-refractivity contribution in [2.24, 2.45) is 5.92 Å². The lowest BCUT2D eigenvalue weighted by atomic mass is 9.87. The number of rotatable bonds is 7. The summed E-state index contributed by atoms with van der Waals surface area (Å²) in [6.07, 6.45) is 3.52. The van der Waals surface area contributed by atoms with Crippen molar-refractivity contribution >= 4 is 11.6 Å². The molecule has 8 heteroatoms. The molecule has 28 heavy (non-hydrogen) atoms. The standard InChI is InChI=1S/C20H25N5O3/c1-26-12-16-11-18(25-20(23-16)21-13-22-25)24-19(15-7-9-28-10-8-15)14-3-5-17(27-2)6-4-14/h3-6,11,13,15,19,24H,7-10,12H2,1-2H3/t19-/m0/s1. The summed E-state index contributed by atoms with van der Waals surface area (Å²) in [7, 11) is 3.34. The second-order valence-corrected chi connectivity index (χ2v) is 6.88. The predicted octanol–water partition coefficient (Wildman–Crippen LogP) is 2.86. The van der Waals surface area contributed by atoms with Crippen LogP contribution in [-0.2, 0) is 16.1 Å². The first-order chi connectivity index (χ1) is 13.8. The van der Waals surface area contributed by atoms with Gasteiger partial charge in [0.1, 0.15) is 17.9 Å². The number of nitrogens with one attached hydrogen (secondary N) is 1. The average molecular weight is 383 g/mol. The first-order valence-electron chi connectivity index (χ1n) is 9.45. The van der Waals surface area contributed by atoms with E-state index in [1.165, 1.54) is 11.9 Å². The maximum atomic E-state index is 5.58. The Bertz CT molecular complexity index is 906. The molecule has 0 saturated carbocycles. The molecule has 0 spiro atoms. The largest absolute Gasteiger partial charge is 0.497 e. The summed E-state index contributed by atoms with van der Waals surface area (Å²) in [5, 5.41) is 8.03. The Labute approximate surface area is 163 Å². The molecular formula is C20H25N5O3. The second-order valence-electron chi connectivity index (χ2n) is 6.88. The van der Waals surface area contributed by atoms with Crippen LogP contribution in [0.1, 0.15) is 30.1 Å². The van der Waals surface area contributed by atoms with Crippen LogP contribution >= 0.6 is 0 Å². The van der Waals surface area contributed by atoms with Crippen LogP contribution in [0.4, 0.5) is 5.82 Å². The van der Waals surface area contributed by atoms with Gasteiger partial charge in [-0.3, -0.25) is 0 Å². The minimum atomic E-state index is 0.111. The summed E-state index contributed by atoms with van der Waals surface area (Å²) in [5.41, 5.74) is 2.01. The first-order valence-corrected chi connectivity index (χ1v) is 9.45. The Balaban J connectivity index is 1.70. The molecular weight excluding hydrogens is 358 g/mol. The lowest BCUT2D eigenvalue weighted by molar-refractivity contribution is 0.0604. The number of anilines is 1. The van der Waals surface area contributed by atoms with Crippen molar-refractivity contribution in [1.82, 2.24) is 19.6 Å². The van der Waals surface area contributed by atoms with E-state index in [2.05, 4.69) is 32.5 Å². The molecule has 1 aromatic carbocycles. The molecule has 1 saturated heterocycles. The van der Waals surface area contributed by atoms with Crippen molar-refractivity contribution in [3.63, 3.8) is 0 Å². The third kappa shape index (κ3) is 3.93. The summed E-state index contributed by atoms with van der Waals surface area (Å²) < 4.78 is 17.9.